The highest BCUT2D eigenvalue weighted by Gasteiger charge is 2.07. The van der Waals surface area contributed by atoms with Gasteiger partial charge in [-0.05, 0) is 43.2 Å². The topological polar surface area (TPSA) is 42.2 Å². The summed E-state index contributed by atoms with van der Waals surface area (Å²) >= 11 is 0. The fraction of sp³-hybridized carbons (Fsp3) is 0.250. The first-order chi connectivity index (χ1) is 11.1. The zero-order chi connectivity index (χ0) is 17.2. The maximum absolute atomic E-state index is 11.0. The van der Waals surface area contributed by atoms with Gasteiger partial charge in [-0.15, -0.1) is 0 Å². The summed E-state index contributed by atoms with van der Waals surface area (Å²) in [7, 11) is 0. The molecule has 2 aromatic rings. The van der Waals surface area contributed by atoms with Crippen molar-refractivity contribution in [2.75, 3.05) is 0 Å². The molecule has 0 aliphatic rings. The summed E-state index contributed by atoms with van der Waals surface area (Å²) in [5.41, 5.74) is 2.24. The average Bonchev–Trinajstić information content (AvgIpc) is 3.07. The standard InChI is InChI=1S/C18H19NO2.C2H6/c1-3-4-5-7-14(2)19-11-10-17(13-19)15-8-6-9-16(12-15)18(20)21;1-2/h3-14H,1-2H3,(H,20,21);1-2H3/b4-3-,7-5-;. The molecular formula is C20H25NO2. The minimum Gasteiger partial charge on any atom is -0.478 e. The van der Waals surface area contributed by atoms with Crippen LogP contribution in [0.25, 0.3) is 11.1 Å². The molecule has 1 unspecified atom stereocenters. The quantitative estimate of drug-likeness (QED) is 0.733. The number of hydrogen-bond donors (Lipinski definition) is 1. The lowest BCUT2D eigenvalue weighted by Gasteiger charge is -2.08. The summed E-state index contributed by atoms with van der Waals surface area (Å²) in [6.07, 6.45) is 12.2. The first-order valence-electron chi connectivity index (χ1n) is 7.92. The predicted octanol–water partition coefficient (Wildman–Crippen LogP) is 5.57. The third-order valence-corrected chi connectivity index (χ3v) is 3.32. The molecule has 122 valence electrons. The van der Waals surface area contributed by atoms with E-state index in [1.807, 2.05) is 63.5 Å². The number of hydrogen-bond acceptors (Lipinski definition) is 1. The molecule has 0 fully saturated rings. The van der Waals surface area contributed by atoms with E-state index in [-0.39, 0.29) is 6.04 Å². The van der Waals surface area contributed by atoms with Crippen LogP contribution in [0.3, 0.4) is 0 Å². The Bertz CT molecular complexity index is 680. The molecule has 0 bridgehead atoms. The zero-order valence-corrected chi connectivity index (χ0v) is 14.2. The number of rotatable bonds is 5. The molecule has 0 saturated carbocycles. The van der Waals surface area contributed by atoms with E-state index < -0.39 is 5.97 Å². The van der Waals surface area contributed by atoms with Crippen molar-refractivity contribution in [3.05, 3.63) is 72.6 Å². The van der Waals surface area contributed by atoms with Gasteiger partial charge in [-0.25, -0.2) is 4.79 Å². The fourth-order valence-corrected chi connectivity index (χ4v) is 2.10. The number of aromatic carboxylic acids is 1. The molecule has 23 heavy (non-hydrogen) atoms. The van der Waals surface area contributed by atoms with Crippen LogP contribution in [0.5, 0.6) is 0 Å². The Labute approximate surface area is 138 Å². The van der Waals surface area contributed by atoms with Crippen LogP contribution < -0.4 is 0 Å². The summed E-state index contributed by atoms with van der Waals surface area (Å²) in [6.45, 7) is 8.09. The molecular weight excluding hydrogens is 286 g/mol. The third kappa shape index (κ3) is 5.29. The Morgan fingerprint density at radius 1 is 1.17 bits per heavy atom. The summed E-state index contributed by atoms with van der Waals surface area (Å²) < 4.78 is 2.10. The van der Waals surface area contributed by atoms with Crippen molar-refractivity contribution in [2.45, 2.75) is 33.7 Å². The van der Waals surface area contributed by atoms with Gasteiger partial charge in [0.15, 0.2) is 0 Å². The van der Waals surface area contributed by atoms with Gasteiger partial charge in [0.05, 0.1) is 5.56 Å². The van der Waals surface area contributed by atoms with E-state index in [4.69, 9.17) is 5.11 Å². The number of benzene rings is 1. The van der Waals surface area contributed by atoms with Gasteiger partial charge in [0.2, 0.25) is 0 Å². The number of carbonyl (C=O) groups is 1. The Morgan fingerprint density at radius 2 is 1.91 bits per heavy atom. The van der Waals surface area contributed by atoms with E-state index in [2.05, 4.69) is 17.6 Å². The van der Waals surface area contributed by atoms with Crippen molar-refractivity contribution < 1.29 is 9.90 Å². The first-order valence-corrected chi connectivity index (χ1v) is 7.92. The summed E-state index contributed by atoms with van der Waals surface area (Å²) in [6, 6.07) is 9.24. The van der Waals surface area contributed by atoms with Crippen molar-refractivity contribution in [1.29, 1.82) is 0 Å². The average molecular weight is 311 g/mol. The molecule has 1 aromatic carbocycles. The number of aromatic nitrogens is 1. The fourth-order valence-electron chi connectivity index (χ4n) is 2.10. The van der Waals surface area contributed by atoms with E-state index in [0.29, 0.717) is 5.56 Å². The molecule has 1 aromatic heterocycles. The second kappa shape index (κ2) is 9.46. The second-order valence-electron chi connectivity index (χ2n) is 4.88. The van der Waals surface area contributed by atoms with Crippen molar-refractivity contribution in [3.63, 3.8) is 0 Å². The molecule has 1 N–H and O–H groups in total. The van der Waals surface area contributed by atoms with Gasteiger partial charge < -0.3 is 9.67 Å². The molecule has 1 atom stereocenters. The van der Waals surface area contributed by atoms with E-state index in [9.17, 15) is 4.79 Å². The molecule has 0 spiro atoms. The number of nitrogens with zero attached hydrogens (tertiary/aromatic N) is 1. The number of carboxylic acids is 1. The molecule has 0 amide bonds. The predicted molar refractivity (Wildman–Crippen MR) is 96.8 cm³/mol. The Morgan fingerprint density at radius 3 is 2.57 bits per heavy atom. The van der Waals surface area contributed by atoms with E-state index >= 15 is 0 Å². The van der Waals surface area contributed by atoms with Gasteiger partial charge in [-0.1, -0.05) is 50.3 Å². The summed E-state index contributed by atoms with van der Waals surface area (Å²) in [4.78, 5) is 11.0. The maximum Gasteiger partial charge on any atom is 0.335 e. The largest absolute Gasteiger partial charge is 0.478 e. The third-order valence-electron chi connectivity index (χ3n) is 3.32. The minimum atomic E-state index is -0.904. The van der Waals surface area contributed by atoms with E-state index in [1.165, 1.54) is 0 Å². The summed E-state index contributed by atoms with van der Waals surface area (Å²) in [5, 5.41) is 9.05. The van der Waals surface area contributed by atoms with E-state index in [1.54, 1.807) is 18.2 Å². The lowest BCUT2D eigenvalue weighted by Crippen LogP contribution is -1.98. The normalized spacial score (nSPS) is 12.2. The van der Waals surface area contributed by atoms with Crippen molar-refractivity contribution in [3.8, 4) is 11.1 Å². The van der Waals surface area contributed by atoms with Gasteiger partial charge >= 0.3 is 5.97 Å². The minimum absolute atomic E-state index is 0.248. The maximum atomic E-state index is 11.0. The van der Waals surface area contributed by atoms with Gasteiger partial charge in [0.1, 0.15) is 0 Å². The molecule has 0 aliphatic heterocycles. The lowest BCUT2D eigenvalue weighted by atomic mass is 10.1. The van der Waals surface area contributed by atoms with Crippen LogP contribution in [0.1, 0.15) is 44.1 Å². The highest BCUT2D eigenvalue weighted by atomic mass is 16.4. The Balaban J connectivity index is 0.00000127. The smallest absolute Gasteiger partial charge is 0.335 e. The first kappa shape index (κ1) is 18.5. The molecule has 3 nitrogen and oxygen atoms in total. The van der Waals surface area contributed by atoms with Gasteiger partial charge in [0, 0.05) is 18.4 Å². The number of allylic oxidation sites excluding steroid dienone is 4. The molecule has 2 rings (SSSR count). The van der Waals surface area contributed by atoms with Crippen molar-refractivity contribution in [2.24, 2.45) is 0 Å². The van der Waals surface area contributed by atoms with Crippen LogP contribution in [0.2, 0.25) is 0 Å². The highest BCUT2D eigenvalue weighted by Crippen LogP contribution is 2.23. The number of carboxylic acid groups (broad SMARTS) is 1. The van der Waals surface area contributed by atoms with Gasteiger partial charge in [-0.2, -0.15) is 0 Å². The molecule has 1 heterocycles. The molecule has 0 aliphatic carbocycles. The van der Waals surface area contributed by atoms with Crippen LogP contribution in [0.15, 0.2) is 67.0 Å². The second-order valence-corrected chi connectivity index (χ2v) is 4.88. The monoisotopic (exact) mass is 311 g/mol. The highest BCUT2D eigenvalue weighted by molar-refractivity contribution is 5.89. The van der Waals surface area contributed by atoms with Crippen LogP contribution in [-0.4, -0.2) is 15.6 Å². The van der Waals surface area contributed by atoms with Gasteiger partial charge in [0.25, 0.3) is 0 Å². The molecule has 0 saturated heterocycles. The SMILES string of the molecule is C/C=C\C=C/C(C)n1ccc(-c2cccc(C(=O)O)c2)c1.CC. The van der Waals surface area contributed by atoms with Gasteiger partial charge in [-0.3, -0.25) is 0 Å². The molecule has 0 radical (unpaired) electrons. The van der Waals surface area contributed by atoms with Crippen LogP contribution in [0.4, 0.5) is 0 Å². The van der Waals surface area contributed by atoms with Crippen LogP contribution in [0, 0.1) is 0 Å². The zero-order valence-electron chi connectivity index (χ0n) is 14.2. The Kier molecular flexibility index (Phi) is 7.61. The van der Waals surface area contributed by atoms with Crippen molar-refractivity contribution in [1.82, 2.24) is 4.57 Å². The Hall–Kier alpha value is -2.55. The van der Waals surface area contributed by atoms with Crippen molar-refractivity contribution >= 4 is 5.97 Å². The molecule has 3 heteroatoms. The lowest BCUT2D eigenvalue weighted by molar-refractivity contribution is 0.0697. The van der Waals surface area contributed by atoms with Crippen LogP contribution >= 0.6 is 0 Å². The van der Waals surface area contributed by atoms with Crippen LogP contribution in [-0.2, 0) is 0 Å². The summed E-state index contributed by atoms with van der Waals surface area (Å²) in [5.74, 6) is -0.904. The van der Waals surface area contributed by atoms with E-state index in [0.717, 1.165) is 11.1 Å².